The van der Waals surface area contributed by atoms with Gasteiger partial charge in [-0.3, -0.25) is 5.41 Å². The van der Waals surface area contributed by atoms with Gasteiger partial charge in [0.1, 0.15) is 0 Å². The van der Waals surface area contributed by atoms with Gasteiger partial charge in [0.2, 0.25) is 0 Å². The first-order chi connectivity index (χ1) is 6.40. The van der Waals surface area contributed by atoms with Crippen LogP contribution < -0.4 is 5.73 Å². The van der Waals surface area contributed by atoms with E-state index in [4.69, 9.17) is 11.1 Å². The van der Waals surface area contributed by atoms with E-state index in [1.54, 1.807) is 0 Å². The lowest BCUT2D eigenvalue weighted by Gasteiger charge is -2.34. The summed E-state index contributed by atoms with van der Waals surface area (Å²) in [4.78, 5) is 2.34. The molecule has 14 heavy (non-hydrogen) atoms. The third-order valence-corrected chi connectivity index (χ3v) is 3.11. The minimum absolute atomic E-state index is 0.291. The van der Waals surface area contributed by atoms with E-state index in [0.717, 1.165) is 6.42 Å². The Kier molecular flexibility index (Phi) is 5.77. The summed E-state index contributed by atoms with van der Waals surface area (Å²) in [5.74, 6) is 0.931. The molecule has 0 rings (SSSR count). The molecule has 3 nitrogen and oxygen atoms in total. The number of hydrogen-bond donors (Lipinski definition) is 2. The standard InChI is InChI=1S/C11H25N3/c1-6-10(7-11(12)13)14(5)9(4)8(2)3/h8-10H,6-7H2,1-5H3,(H3,12,13). The first-order valence-corrected chi connectivity index (χ1v) is 5.44. The van der Waals surface area contributed by atoms with Crippen LogP contribution in [0.4, 0.5) is 0 Å². The van der Waals surface area contributed by atoms with Crippen LogP contribution in [0.1, 0.15) is 40.5 Å². The smallest absolute Gasteiger partial charge is 0.0921 e. The summed E-state index contributed by atoms with van der Waals surface area (Å²) in [6.07, 6.45) is 1.73. The van der Waals surface area contributed by atoms with Gasteiger partial charge in [0.25, 0.3) is 0 Å². The van der Waals surface area contributed by atoms with Crippen LogP contribution in [0.15, 0.2) is 0 Å². The monoisotopic (exact) mass is 199 g/mol. The molecule has 0 aromatic heterocycles. The Morgan fingerprint density at radius 1 is 1.36 bits per heavy atom. The van der Waals surface area contributed by atoms with E-state index >= 15 is 0 Å². The number of nitrogens with one attached hydrogen (secondary N) is 1. The summed E-state index contributed by atoms with van der Waals surface area (Å²) >= 11 is 0. The second-order valence-electron chi connectivity index (χ2n) is 4.44. The molecule has 0 aliphatic carbocycles. The Balaban J connectivity index is 4.29. The molecule has 0 aliphatic heterocycles. The topological polar surface area (TPSA) is 53.1 Å². The van der Waals surface area contributed by atoms with Crippen LogP contribution in [0.25, 0.3) is 0 Å². The largest absolute Gasteiger partial charge is 0.388 e. The van der Waals surface area contributed by atoms with Crippen LogP contribution in [-0.2, 0) is 0 Å². The fourth-order valence-electron chi connectivity index (χ4n) is 1.63. The van der Waals surface area contributed by atoms with Crippen molar-refractivity contribution in [3.8, 4) is 0 Å². The zero-order valence-electron chi connectivity index (χ0n) is 10.2. The molecule has 0 spiro atoms. The number of nitrogens with two attached hydrogens (primary N) is 1. The van der Waals surface area contributed by atoms with E-state index in [1.165, 1.54) is 0 Å². The molecule has 0 saturated heterocycles. The molecule has 0 amide bonds. The van der Waals surface area contributed by atoms with Crippen LogP contribution in [0.3, 0.4) is 0 Å². The highest BCUT2D eigenvalue weighted by atomic mass is 15.2. The van der Waals surface area contributed by atoms with Crippen molar-refractivity contribution >= 4 is 5.84 Å². The number of hydrogen-bond acceptors (Lipinski definition) is 2. The maximum Gasteiger partial charge on any atom is 0.0921 e. The van der Waals surface area contributed by atoms with Crippen LogP contribution in [0.2, 0.25) is 0 Å². The highest BCUT2D eigenvalue weighted by Crippen LogP contribution is 2.15. The molecule has 0 aliphatic rings. The highest BCUT2D eigenvalue weighted by molar-refractivity contribution is 5.77. The summed E-state index contributed by atoms with van der Waals surface area (Å²) in [5.41, 5.74) is 5.44. The molecule has 0 aromatic rings. The van der Waals surface area contributed by atoms with Crippen LogP contribution >= 0.6 is 0 Å². The van der Waals surface area contributed by atoms with Gasteiger partial charge in [0.15, 0.2) is 0 Å². The predicted octanol–water partition coefficient (Wildman–Crippen LogP) is 2.07. The van der Waals surface area contributed by atoms with Crippen LogP contribution in [-0.4, -0.2) is 29.9 Å². The minimum atomic E-state index is 0.291. The lowest BCUT2D eigenvalue weighted by molar-refractivity contribution is 0.147. The first-order valence-electron chi connectivity index (χ1n) is 5.44. The second-order valence-corrected chi connectivity index (χ2v) is 4.44. The summed E-state index contributed by atoms with van der Waals surface area (Å²) in [5, 5.41) is 7.32. The molecule has 0 aromatic carbocycles. The van der Waals surface area contributed by atoms with Gasteiger partial charge in [-0.25, -0.2) is 0 Å². The molecule has 0 fully saturated rings. The van der Waals surface area contributed by atoms with Crippen molar-refractivity contribution < 1.29 is 0 Å². The molecule has 0 saturated carbocycles. The van der Waals surface area contributed by atoms with E-state index in [-0.39, 0.29) is 0 Å². The summed E-state index contributed by atoms with van der Waals surface area (Å²) in [7, 11) is 2.13. The maximum atomic E-state index is 7.32. The minimum Gasteiger partial charge on any atom is -0.388 e. The van der Waals surface area contributed by atoms with Crippen LogP contribution in [0.5, 0.6) is 0 Å². The molecular formula is C11H25N3. The molecule has 0 heterocycles. The first kappa shape index (κ1) is 13.4. The zero-order chi connectivity index (χ0) is 11.3. The molecule has 84 valence electrons. The van der Waals surface area contributed by atoms with Gasteiger partial charge in [0.05, 0.1) is 5.84 Å². The summed E-state index contributed by atoms with van der Waals surface area (Å²) in [6, 6.07) is 0.948. The molecule has 0 radical (unpaired) electrons. The average molecular weight is 199 g/mol. The second kappa shape index (κ2) is 6.02. The third kappa shape index (κ3) is 4.09. The van der Waals surface area contributed by atoms with Gasteiger partial charge in [-0.1, -0.05) is 20.8 Å². The Labute approximate surface area is 88.2 Å². The molecule has 2 unspecified atom stereocenters. The lowest BCUT2D eigenvalue weighted by Crippen LogP contribution is -2.42. The van der Waals surface area contributed by atoms with Gasteiger partial charge < -0.3 is 10.6 Å². The van der Waals surface area contributed by atoms with E-state index in [1.807, 2.05) is 0 Å². The summed E-state index contributed by atoms with van der Waals surface area (Å²) < 4.78 is 0. The number of rotatable bonds is 6. The van der Waals surface area contributed by atoms with E-state index < -0.39 is 0 Å². The van der Waals surface area contributed by atoms with Crippen molar-refractivity contribution in [3.05, 3.63) is 0 Å². The molecule has 2 atom stereocenters. The number of amidine groups is 1. The van der Waals surface area contributed by atoms with E-state index in [9.17, 15) is 0 Å². The molecular weight excluding hydrogens is 174 g/mol. The Hall–Kier alpha value is -0.570. The maximum absolute atomic E-state index is 7.32. The van der Waals surface area contributed by atoms with E-state index in [2.05, 4.69) is 39.6 Å². The SMILES string of the molecule is CCC(CC(=N)N)N(C)C(C)C(C)C. The average Bonchev–Trinajstić information content (AvgIpc) is 2.11. The van der Waals surface area contributed by atoms with Crippen molar-refractivity contribution in [1.29, 1.82) is 5.41 Å². The van der Waals surface area contributed by atoms with E-state index in [0.29, 0.717) is 30.3 Å². The fraction of sp³-hybridized carbons (Fsp3) is 0.909. The lowest BCUT2D eigenvalue weighted by atomic mass is 10.0. The van der Waals surface area contributed by atoms with Crippen LogP contribution in [0, 0.1) is 11.3 Å². The number of nitrogens with zero attached hydrogens (tertiary/aromatic N) is 1. The molecule has 3 heteroatoms. The molecule has 0 bridgehead atoms. The quantitative estimate of drug-likeness (QED) is 0.508. The Morgan fingerprint density at radius 3 is 2.14 bits per heavy atom. The third-order valence-electron chi connectivity index (χ3n) is 3.11. The Bertz CT molecular complexity index is 177. The van der Waals surface area contributed by atoms with Crippen molar-refractivity contribution in [3.63, 3.8) is 0 Å². The van der Waals surface area contributed by atoms with Gasteiger partial charge in [-0.05, 0) is 26.3 Å². The van der Waals surface area contributed by atoms with Gasteiger partial charge in [-0.2, -0.15) is 0 Å². The van der Waals surface area contributed by atoms with Crippen molar-refractivity contribution in [1.82, 2.24) is 4.90 Å². The predicted molar refractivity (Wildman–Crippen MR) is 62.7 cm³/mol. The van der Waals surface area contributed by atoms with Crippen molar-refractivity contribution in [2.24, 2.45) is 11.7 Å². The highest BCUT2D eigenvalue weighted by Gasteiger charge is 2.20. The van der Waals surface area contributed by atoms with Crippen molar-refractivity contribution in [2.75, 3.05) is 7.05 Å². The fourth-order valence-corrected chi connectivity index (χ4v) is 1.63. The summed E-state index contributed by atoms with van der Waals surface area (Å²) in [6.45, 7) is 8.83. The zero-order valence-corrected chi connectivity index (χ0v) is 10.2. The van der Waals surface area contributed by atoms with Gasteiger partial charge in [-0.15, -0.1) is 0 Å². The van der Waals surface area contributed by atoms with Gasteiger partial charge >= 0.3 is 0 Å². The molecule has 3 N–H and O–H groups in total. The Morgan fingerprint density at radius 2 is 1.86 bits per heavy atom. The van der Waals surface area contributed by atoms with Crippen molar-refractivity contribution in [2.45, 2.75) is 52.6 Å². The normalized spacial score (nSPS) is 15.9. The van der Waals surface area contributed by atoms with Gasteiger partial charge in [0, 0.05) is 18.5 Å².